The second-order valence-electron chi connectivity index (χ2n) is 6.87. The average Bonchev–Trinajstić information content (AvgIpc) is 2.80. The van der Waals surface area contributed by atoms with Gasteiger partial charge in [-0.05, 0) is 48.9 Å². The van der Waals surface area contributed by atoms with Crippen molar-refractivity contribution in [3.63, 3.8) is 0 Å². The molecule has 3 aromatic carbocycles. The molecule has 1 aromatic heterocycles. The van der Waals surface area contributed by atoms with Crippen LogP contribution in [0, 0.1) is 0 Å². The first-order chi connectivity index (χ1) is 15.1. The van der Waals surface area contributed by atoms with Gasteiger partial charge in [0.25, 0.3) is 0 Å². The molecule has 4 aromatic rings. The molecule has 156 valence electrons. The second kappa shape index (κ2) is 8.75. The number of hydrogen-bond acceptors (Lipinski definition) is 5. The van der Waals surface area contributed by atoms with Crippen LogP contribution in [0.1, 0.15) is 17.3 Å². The summed E-state index contributed by atoms with van der Waals surface area (Å²) in [4.78, 5) is 29.2. The first-order valence-corrected chi connectivity index (χ1v) is 9.95. The Morgan fingerprint density at radius 1 is 0.968 bits per heavy atom. The Bertz CT molecular complexity index is 1290. The lowest BCUT2D eigenvalue weighted by Gasteiger charge is -2.16. The monoisotopic (exact) mass is 414 g/mol. The number of esters is 1. The molecule has 6 nitrogen and oxygen atoms in total. The molecule has 6 heteroatoms. The molecule has 0 atom stereocenters. The van der Waals surface area contributed by atoms with E-state index < -0.39 is 5.97 Å². The lowest BCUT2D eigenvalue weighted by atomic mass is 10.0. The van der Waals surface area contributed by atoms with E-state index in [1.165, 1.54) is 0 Å². The number of rotatable bonds is 6. The summed E-state index contributed by atoms with van der Waals surface area (Å²) in [5.74, 6) is 0.758. The van der Waals surface area contributed by atoms with Crippen LogP contribution < -0.4 is 15.5 Å². The molecule has 0 bridgehead atoms. The minimum atomic E-state index is -0.431. The van der Waals surface area contributed by atoms with E-state index >= 15 is 0 Å². The fourth-order valence-electron chi connectivity index (χ4n) is 3.48. The van der Waals surface area contributed by atoms with Gasteiger partial charge in [-0.2, -0.15) is 0 Å². The third-order valence-corrected chi connectivity index (χ3v) is 4.97. The quantitative estimate of drug-likeness (QED) is 0.428. The van der Waals surface area contributed by atoms with Crippen LogP contribution in [-0.2, 0) is 4.74 Å². The first-order valence-electron chi connectivity index (χ1n) is 9.95. The Balaban J connectivity index is 1.90. The number of carbonyl (C=O) groups is 1. The molecule has 0 aliphatic carbocycles. The van der Waals surface area contributed by atoms with Gasteiger partial charge in [0.2, 0.25) is 0 Å². The predicted octanol–water partition coefficient (Wildman–Crippen LogP) is 5.12. The van der Waals surface area contributed by atoms with Gasteiger partial charge in [0.05, 0.1) is 36.0 Å². The van der Waals surface area contributed by atoms with Crippen molar-refractivity contribution in [2.24, 2.45) is 0 Å². The second-order valence-corrected chi connectivity index (χ2v) is 6.87. The van der Waals surface area contributed by atoms with Gasteiger partial charge < -0.3 is 19.8 Å². The Labute approximate surface area is 179 Å². The number of pyridine rings is 1. The molecular weight excluding hydrogens is 392 g/mol. The van der Waals surface area contributed by atoms with Crippen molar-refractivity contribution in [3.05, 3.63) is 88.6 Å². The van der Waals surface area contributed by atoms with Crippen LogP contribution in [0.4, 0.5) is 11.5 Å². The number of aromatic nitrogens is 1. The van der Waals surface area contributed by atoms with Crippen molar-refractivity contribution < 1.29 is 14.3 Å². The minimum absolute atomic E-state index is 0.115. The van der Waals surface area contributed by atoms with Crippen LogP contribution in [0.2, 0.25) is 0 Å². The van der Waals surface area contributed by atoms with Crippen molar-refractivity contribution in [3.8, 4) is 16.9 Å². The van der Waals surface area contributed by atoms with Crippen molar-refractivity contribution in [1.82, 2.24) is 4.98 Å². The number of nitrogens with one attached hydrogen (secondary N) is 2. The van der Waals surface area contributed by atoms with E-state index in [0.29, 0.717) is 39.3 Å². The highest BCUT2D eigenvalue weighted by Gasteiger charge is 2.17. The van der Waals surface area contributed by atoms with Gasteiger partial charge >= 0.3 is 5.97 Å². The SMILES string of the molecule is CCOC(=O)c1ccccc1Nc1[nH]c2ccccc2c(=O)c1-c1ccc(OC)cc1. The van der Waals surface area contributed by atoms with Gasteiger partial charge in [0.1, 0.15) is 11.6 Å². The minimum Gasteiger partial charge on any atom is -0.497 e. The summed E-state index contributed by atoms with van der Waals surface area (Å²) in [5.41, 5.74) is 2.71. The highest BCUT2D eigenvalue weighted by atomic mass is 16.5. The Morgan fingerprint density at radius 2 is 1.68 bits per heavy atom. The van der Waals surface area contributed by atoms with Crippen LogP contribution in [-0.4, -0.2) is 24.7 Å². The van der Waals surface area contributed by atoms with Crippen molar-refractivity contribution in [1.29, 1.82) is 0 Å². The third kappa shape index (κ3) is 4.00. The summed E-state index contributed by atoms with van der Waals surface area (Å²) < 4.78 is 10.4. The number of para-hydroxylation sites is 2. The predicted molar refractivity (Wildman–Crippen MR) is 122 cm³/mol. The Kier molecular flexibility index (Phi) is 5.71. The number of benzene rings is 3. The summed E-state index contributed by atoms with van der Waals surface area (Å²) >= 11 is 0. The van der Waals surface area contributed by atoms with E-state index in [-0.39, 0.29) is 12.0 Å². The maximum absolute atomic E-state index is 13.4. The largest absolute Gasteiger partial charge is 0.497 e. The summed E-state index contributed by atoms with van der Waals surface area (Å²) in [6.07, 6.45) is 0. The van der Waals surface area contributed by atoms with Gasteiger partial charge in [0.15, 0.2) is 5.43 Å². The Hall–Kier alpha value is -4.06. The van der Waals surface area contributed by atoms with E-state index in [0.717, 1.165) is 5.56 Å². The maximum Gasteiger partial charge on any atom is 0.340 e. The molecule has 0 aliphatic heterocycles. The number of fused-ring (bicyclic) bond motifs is 1. The molecule has 2 N–H and O–H groups in total. The number of carbonyl (C=O) groups excluding carboxylic acids is 1. The van der Waals surface area contributed by atoms with Crippen LogP contribution in [0.25, 0.3) is 22.0 Å². The van der Waals surface area contributed by atoms with Crippen LogP contribution in [0.3, 0.4) is 0 Å². The molecule has 4 rings (SSSR count). The van der Waals surface area contributed by atoms with Gasteiger partial charge in [-0.3, -0.25) is 4.79 Å². The van der Waals surface area contributed by atoms with Crippen molar-refractivity contribution >= 4 is 28.4 Å². The molecule has 0 aliphatic rings. The fraction of sp³-hybridized carbons (Fsp3) is 0.120. The molecule has 0 radical (unpaired) electrons. The van der Waals surface area contributed by atoms with E-state index in [4.69, 9.17) is 9.47 Å². The summed E-state index contributed by atoms with van der Waals surface area (Å²) in [5, 5.41) is 3.83. The number of aromatic amines is 1. The van der Waals surface area contributed by atoms with E-state index in [2.05, 4.69) is 10.3 Å². The van der Waals surface area contributed by atoms with Crippen LogP contribution in [0.15, 0.2) is 77.6 Å². The zero-order valence-electron chi connectivity index (χ0n) is 17.3. The molecule has 0 saturated heterocycles. The first kappa shape index (κ1) is 20.2. The topological polar surface area (TPSA) is 80.4 Å². The number of ether oxygens (including phenoxy) is 2. The number of hydrogen-bond donors (Lipinski definition) is 2. The molecule has 0 spiro atoms. The molecule has 0 amide bonds. The lowest BCUT2D eigenvalue weighted by molar-refractivity contribution is 0.0527. The summed E-state index contributed by atoms with van der Waals surface area (Å²) in [6.45, 7) is 2.04. The Morgan fingerprint density at radius 3 is 2.42 bits per heavy atom. The van der Waals surface area contributed by atoms with Crippen LogP contribution in [0.5, 0.6) is 5.75 Å². The van der Waals surface area contributed by atoms with Gasteiger partial charge in [-0.1, -0.05) is 36.4 Å². The summed E-state index contributed by atoms with van der Waals surface area (Å²) in [6, 6.07) is 21.7. The summed E-state index contributed by atoms with van der Waals surface area (Å²) in [7, 11) is 1.59. The third-order valence-electron chi connectivity index (χ3n) is 4.97. The number of anilines is 2. The standard InChI is InChI=1S/C25H22N2O4/c1-3-31-25(29)19-9-5-7-11-21(19)27-24-22(16-12-14-17(30-2)15-13-16)23(28)18-8-4-6-10-20(18)26-24/h4-15H,3H2,1-2H3,(H2,26,27,28). The maximum atomic E-state index is 13.4. The van der Waals surface area contributed by atoms with E-state index in [9.17, 15) is 9.59 Å². The highest BCUT2D eigenvalue weighted by Crippen LogP contribution is 2.30. The molecule has 0 unspecified atom stereocenters. The van der Waals surface area contributed by atoms with E-state index in [1.54, 1.807) is 50.4 Å². The highest BCUT2D eigenvalue weighted by molar-refractivity contribution is 5.98. The van der Waals surface area contributed by atoms with Gasteiger partial charge in [-0.15, -0.1) is 0 Å². The number of methoxy groups -OCH3 is 1. The molecule has 31 heavy (non-hydrogen) atoms. The smallest absolute Gasteiger partial charge is 0.340 e. The van der Waals surface area contributed by atoms with Gasteiger partial charge in [-0.25, -0.2) is 4.79 Å². The normalized spacial score (nSPS) is 10.6. The number of H-pyrrole nitrogens is 1. The zero-order valence-corrected chi connectivity index (χ0v) is 17.3. The zero-order chi connectivity index (χ0) is 21.8. The fourth-order valence-corrected chi connectivity index (χ4v) is 3.48. The van der Waals surface area contributed by atoms with Gasteiger partial charge in [0, 0.05) is 5.39 Å². The molecule has 0 saturated carbocycles. The van der Waals surface area contributed by atoms with Crippen molar-refractivity contribution in [2.75, 3.05) is 19.0 Å². The van der Waals surface area contributed by atoms with Crippen molar-refractivity contribution in [2.45, 2.75) is 6.92 Å². The average molecular weight is 414 g/mol. The van der Waals surface area contributed by atoms with E-state index in [1.807, 2.05) is 36.4 Å². The molecule has 0 fully saturated rings. The molecular formula is C25H22N2O4. The molecule has 1 heterocycles. The van der Waals surface area contributed by atoms with Crippen LogP contribution >= 0.6 is 0 Å². The lowest BCUT2D eigenvalue weighted by Crippen LogP contribution is -2.13.